The number of halogens is 1. The van der Waals surface area contributed by atoms with Crippen molar-refractivity contribution in [2.75, 3.05) is 12.1 Å². The molecule has 6 heteroatoms. The summed E-state index contributed by atoms with van der Waals surface area (Å²) in [6.07, 6.45) is 0. The fraction of sp³-hybridized carbons (Fsp3) is 0.188. The molecule has 0 aliphatic carbocycles. The highest BCUT2D eigenvalue weighted by Crippen LogP contribution is 2.32. The van der Waals surface area contributed by atoms with Crippen molar-refractivity contribution in [3.8, 4) is 11.5 Å². The van der Waals surface area contributed by atoms with Gasteiger partial charge < -0.3 is 20.1 Å². The van der Waals surface area contributed by atoms with E-state index >= 15 is 0 Å². The number of urea groups is 1. The van der Waals surface area contributed by atoms with Crippen LogP contribution >= 0.6 is 11.6 Å². The molecule has 1 heterocycles. The summed E-state index contributed by atoms with van der Waals surface area (Å²) >= 11 is 5.93. The molecule has 3 rings (SSSR count). The predicted octanol–water partition coefficient (Wildman–Crippen LogP) is 3.70. The first-order valence-electron chi connectivity index (χ1n) is 6.81. The van der Waals surface area contributed by atoms with Crippen molar-refractivity contribution < 1.29 is 14.3 Å². The van der Waals surface area contributed by atoms with Gasteiger partial charge in [-0.25, -0.2) is 4.79 Å². The first kappa shape index (κ1) is 14.5. The van der Waals surface area contributed by atoms with Crippen LogP contribution in [0.2, 0.25) is 5.02 Å². The van der Waals surface area contributed by atoms with Crippen LogP contribution in [-0.2, 0) is 6.54 Å². The van der Waals surface area contributed by atoms with Gasteiger partial charge in [0.2, 0.25) is 6.79 Å². The van der Waals surface area contributed by atoms with E-state index in [1.807, 2.05) is 31.2 Å². The van der Waals surface area contributed by atoms with Gasteiger partial charge in [0.1, 0.15) is 0 Å². The van der Waals surface area contributed by atoms with Crippen molar-refractivity contribution in [2.24, 2.45) is 0 Å². The van der Waals surface area contributed by atoms with Crippen LogP contribution < -0.4 is 20.1 Å². The minimum absolute atomic E-state index is 0.237. The minimum Gasteiger partial charge on any atom is -0.454 e. The first-order valence-corrected chi connectivity index (χ1v) is 7.19. The molecular formula is C16H15ClN2O3. The highest BCUT2D eigenvalue weighted by molar-refractivity contribution is 6.31. The number of carbonyl (C=O) groups excluding carboxylic acids is 1. The van der Waals surface area contributed by atoms with E-state index in [4.69, 9.17) is 21.1 Å². The molecule has 0 atom stereocenters. The maximum atomic E-state index is 12.0. The minimum atomic E-state index is -0.289. The standard InChI is InChI=1S/C16H15ClN2O3/c1-10-2-4-12(17)7-13(10)19-16(20)18-8-11-3-5-14-15(6-11)22-9-21-14/h2-7H,8-9H2,1H3,(H2,18,19,20). The van der Waals surface area contributed by atoms with Crippen molar-refractivity contribution in [3.63, 3.8) is 0 Å². The number of carbonyl (C=O) groups is 1. The molecule has 5 nitrogen and oxygen atoms in total. The van der Waals surface area contributed by atoms with Crippen molar-refractivity contribution in [1.82, 2.24) is 5.32 Å². The van der Waals surface area contributed by atoms with Crippen molar-refractivity contribution in [2.45, 2.75) is 13.5 Å². The molecule has 0 fully saturated rings. The molecule has 0 unspecified atom stereocenters. The summed E-state index contributed by atoms with van der Waals surface area (Å²) in [5.41, 5.74) is 2.57. The summed E-state index contributed by atoms with van der Waals surface area (Å²) < 4.78 is 10.6. The molecule has 0 saturated carbocycles. The van der Waals surface area contributed by atoms with E-state index in [0.717, 1.165) is 16.9 Å². The fourth-order valence-corrected chi connectivity index (χ4v) is 2.30. The van der Waals surface area contributed by atoms with Gasteiger partial charge in [0, 0.05) is 17.3 Å². The van der Waals surface area contributed by atoms with Crippen molar-refractivity contribution in [3.05, 3.63) is 52.5 Å². The number of amides is 2. The molecule has 1 aliphatic rings. The lowest BCUT2D eigenvalue weighted by Crippen LogP contribution is -2.28. The van der Waals surface area contributed by atoms with Crippen LogP contribution in [0.1, 0.15) is 11.1 Å². The van der Waals surface area contributed by atoms with Gasteiger partial charge in [0.25, 0.3) is 0 Å². The van der Waals surface area contributed by atoms with Gasteiger partial charge in [0.05, 0.1) is 0 Å². The second kappa shape index (κ2) is 6.15. The quantitative estimate of drug-likeness (QED) is 0.907. The summed E-state index contributed by atoms with van der Waals surface area (Å²) in [7, 11) is 0. The SMILES string of the molecule is Cc1ccc(Cl)cc1NC(=O)NCc1ccc2c(c1)OCO2. The summed E-state index contributed by atoms with van der Waals surface area (Å²) in [6, 6.07) is 10.6. The zero-order valence-corrected chi connectivity index (χ0v) is 12.7. The summed E-state index contributed by atoms with van der Waals surface area (Å²) in [5.74, 6) is 1.42. The topological polar surface area (TPSA) is 59.6 Å². The van der Waals surface area contributed by atoms with Gasteiger partial charge in [-0.15, -0.1) is 0 Å². The third kappa shape index (κ3) is 3.26. The molecular weight excluding hydrogens is 304 g/mol. The van der Waals surface area contributed by atoms with E-state index in [1.54, 1.807) is 12.1 Å². The smallest absolute Gasteiger partial charge is 0.319 e. The highest BCUT2D eigenvalue weighted by atomic mass is 35.5. The molecule has 2 aromatic rings. The number of aryl methyl sites for hydroxylation is 1. The molecule has 0 radical (unpaired) electrons. The number of hydrogen-bond donors (Lipinski definition) is 2. The molecule has 22 heavy (non-hydrogen) atoms. The molecule has 114 valence electrons. The lowest BCUT2D eigenvalue weighted by atomic mass is 10.2. The van der Waals surface area contributed by atoms with Crippen LogP contribution in [0, 0.1) is 6.92 Å². The number of fused-ring (bicyclic) bond motifs is 1. The second-order valence-electron chi connectivity index (χ2n) is 4.95. The Morgan fingerprint density at radius 3 is 2.86 bits per heavy atom. The number of benzene rings is 2. The third-order valence-electron chi connectivity index (χ3n) is 3.34. The molecule has 1 aliphatic heterocycles. The fourth-order valence-electron chi connectivity index (χ4n) is 2.13. The molecule has 2 amide bonds. The molecule has 0 spiro atoms. The van der Waals surface area contributed by atoms with Gasteiger partial charge in [0.15, 0.2) is 11.5 Å². The van der Waals surface area contributed by atoms with Crippen LogP contribution in [0.5, 0.6) is 11.5 Å². The Bertz CT molecular complexity index is 719. The Morgan fingerprint density at radius 1 is 1.18 bits per heavy atom. The van der Waals surface area contributed by atoms with Crippen LogP contribution in [0.4, 0.5) is 10.5 Å². The van der Waals surface area contributed by atoms with Gasteiger partial charge in [-0.2, -0.15) is 0 Å². The molecule has 2 N–H and O–H groups in total. The van der Waals surface area contributed by atoms with Crippen LogP contribution in [0.3, 0.4) is 0 Å². The Kier molecular flexibility index (Phi) is 4.06. The molecule has 0 aromatic heterocycles. The largest absolute Gasteiger partial charge is 0.454 e. The predicted molar refractivity (Wildman–Crippen MR) is 84.6 cm³/mol. The van der Waals surface area contributed by atoms with Gasteiger partial charge in [-0.05, 0) is 42.3 Å². The average Bonchev–Trinajstić information content (AvgIpc) is 2.96. The Morgan fingerprint density at radius 2 is 2.00 bits per heavy atom. The van der Waals surface area contributed by atoms with E-state index in [-0.39, 0.29) is 12.8 Å². The lowest BCUT2D eigenvalue weighted by molar-refractivity contribution is 0.174. The van der Waals surface area contributed by atoms with E-state index in [0.29, 0.717) is 23.0 Å². The highest BCUT2D eigenvalue weighted by Gasteiger charge is 2.13. The average molecular weight is 319 g/mol. The van der Waals surface area contributed by atoms with E-state index in [1.165, 1.54) is 0 Å². The molecule has 2 aromatic carbocycles. The lowest BCUT2D eigenvalue weighted by Gasteiger charge is -2.10. The Balaban J connectivity index is 1.59. The zero-order chi connectivity index (χ0) is 15.5. The van der Waals surface area contributed by atoms with Gasteiger partial charge >= 0.3 is 6.03 Å². The first-order chi connectivity index (χ1) is 10.6. The van der Waals surface area contributed by atoms with E-state index < -0.39 is 0 Å². The summed E-state index contributed by atoms with van der Waals surface area (Å²) in [6.45, 7) is 2.53. The number of ether oxygens (including phenoxy) is 2. The van der Waals surface area contributed by atoms with Gasteiger partial charge in [-0.1, -0.05) is 23.7 Å². The number of rotatable bonds is 3. The Hall–Kier alpha value is -2.40. The zero-order valence-electron chi connectivity index (χ0n) is 12.0. The molecule has 0 bridgehead atoms. The summed E-state index contributed by atoms with van der Waals surface area (Å²) in [5, 5.41) is 6.16. The van der Waals surface area contributed by atoms with Crippen LogP contribution in [0.15, 0.2) is 36.4 Å². The monoisotopic (exact) mass is 318 g/mol. The van der Waals surface area contributed by atoms with Crippen LogP contribution in [-0.4, -0.2) is 12.8 Å². The normalized spacial score (nSPS) is 12.1. The van der Waals surface area contributed by atoms with Crippen LogP contribution in [0.25, 0.3) is 0 Å². The number of anilines is 1. The maximum absolute atomic E-state index is 12.0. The number of hydrogen-bond acceptors (Lipinski definition) is 3. The number of nitrogens with one attached hydrogen (secondary N) is 2. The Labute approximate surface area is 133 Å². The maximum Gasteiger partial charge on any atom is 0.319 e. The van der Waals surface area contributed by atoms with Crippen molar-refractivity contribution >= 4 is 23.3 Å². The molecule has 0 saturated heterocycles. The van der Waals surface area contributed by atoms with Gasteiger partial charge in [-0.3, -0.25) is 0 Å². The van der Waals surface area contributed by atoms with E-state index in [2.05, 4.69) is 10.6 Å². The summed E-state index contributed by atoms with van der Waals surface area (Å²) in [4.78, 5) is 12.0. The van der Waals surface area contributed by atoms with Crippen molar-refractivity contribution in [1.29, 1.82) is 0 Å². The second-order valence-corrected chi connectivity index (χ2v) is 5.39. The third-order valence-corrected chi connectivity index (χ3v) is 3.57. The van der Waals surface area contributed by atoms with E-state index in [9.17, 15) is 4.79 Å².